The van der Waals surface area contributed by atoms with E-state index in [0.29, 0.717) is 0 Å². The van der Waals surface area contributed by atoms with Crippen molar-refractivity contribution < 1.29 is 60.0 Å². The zero-order chi connectivity index (χ0) is 16.6. The van der Waals surface area contributed by atoms with Crippen molar-refractivity contribution in [2.45, 2.75) is 24.4 Å². The average Bonchev–Trinajstić information content (AvgIpc) is 2.35. The molecule has 0 aromatic rings. The Hall–Kier alpha value is -0.709. The maximum absolute atomic E-state index is 9.74. The zero-order valence-corrected chi connectivity index (χ0v) is 14.6. The van der Waals surface area contributed by atoms with Gasteiger partial charge in [0.15, 0.2) is 12.2 Å². The van der Waals surface area contributed by atoms with Gasteiger partial charge in [-0.2, -0.15) is 0 Å². The summed E-state index contributed by atoms with van der Waals surface area (Å²) < 4.78 is 0. The van der Waals surface area contributed by atoms with Crippen molar-refractivity contribution in [1.29, 1.82) is 0 Å². The minimum atomic E-state index is -2.38. The fraction of sp³-hybridized carbons (Fsp3) is 0.500. The van der Waals surface area contributed by atoms with E-state index < -0.39 is 48.3 Å². The molecule has 0 aromatic heterocycles. The maximum Gasteiger partial charge on any atom is 2.00 e. The molecule has 116 valence electrons. The van der Waals surface area contributed by atoms with E-state index in [1.807, 2.05) is 0 Å². The molecule has 0 spiro atoms. The number of rotatable bonds is 6. The number of aliphatic hydroxyl groups excluding tert-OH is 4. The molecule has 21 heavy (non-hydrogen) atoms. The SMILES string of the molecule is O=C([O-])C(O)C(O)C(=O)O.O=C([O-])C(O)C(O)C(=O)O.[Ba+2]. The molecule has 0 heterocycles. The number of aliphatic carboxylic acids is 4. The van der Waals surface area contributed by atoms with Crippen LogP contribution in [0.3, 0.4) is 0 Å². The molecule has 13 heteroatoms. The zero-order valence-electron chi connectivity index (χ0n) is 10.1. The van der Waals surface area contributed by atoms with Crippen molar-refractivity contribution in [3.63, 3.8) is 0 Å². The molecule has 0 aliphatic heterocycles. The summed E-state index contributed by atoms with van der Waals surface area (Å²) in [5.74, 6) is -7.65. The molecule has 0 saturated carbocycles. The van der Waals surface area contributed by atoms with Crippen LogP contribution in [0.4, 0.5) is 0 Å². The van der Waals surface area contributed by atoms with Crippen molar-refractivity contribution in [2.75, 3.05) is 0 Å². The number of hydrogen-bond donors (Lipinski definition) is 6. The minimum Gasteiger partial charge on any atom is -0.547 e. The third-order valence-corrected chi connectivity index (χ3v) is 1.59. The Labute approximate surface area is 156 Å². The van der Waals surface area contributed by atoms with Gasteiger partial charge in [0.1, 0.15) is 12.2 Å². The van der Waals surface area contributed by atoms with E-state index in [1.54, 1.807) is 0 Å². The van der Waals surface area contributed by atoms with Gasteiger partial charge in [0.05, 0.1) is 11.9 Å². The first-order valence-corrected chi connectivity index (χ1v) is 4.53. The molecule has 0 saturated heterocycles. The van der Waals surface area contributed by atoms with E-state index in [-0.39, 0.29) is 48.9 Å². The Morgan fingerprint density at radius 3 is 0.857 bits per heavy atom. The molecule has 0 fully saturated rings. The van der Waals surface area contributed by atoms with E-state index in [4.69, 9.17) is 30.6 Å². The van der Waals surface area contributed by atoms with Crippen LogP contribution in [0.1, 0.15) is 0 Å². The maximum atomic E-state index is 9.74. The van der Waals surface area contributed by atoms with Crippen LogP contribution in [0.15, 0.2) is 0 Å². The van der Waals surface area contributed by atoms with Gasteiger partial charge in [0.2, 0.25) is 0 Å². The Morgan fingerprint density at radius 1 is 0.619 bits per heavy atom. The van der Waals surface area contributed by atoms with Crippen LogP contribution in [-0.2, 0) is 19.2 Å². The third-order valence-electron chi connectivity index (χ3n) is 1.59. The topological polar surface area (TPSA) is 236 Å². The van der Waals surface area contributed by atoms with Crippen LogP contribution in [0.25, 0.3) is 0 Å². The number of aliphatic hydroxyl groups is 4. The summed E-state index contributed by atoms with van der Waals surface area (Å²) in [5, 5.41) is 68.3. The number of hydrogen-bond acceptors (Lipinski definition) is 10. The summed E-state index contributed by atoms with van der Waals surface area (Å²) in [6.45, 7) is 0. The summed E-state index contributed by atoms with van der Waals surface area (Å²) in [4.78, 5) is 38.8. The molecule has 0 amide bonds. The van der Waals surface area contributed by atoms with Crippen LogP contribution in [0.5, 0.6) is 0 Å². The monoisotopic (exact) mass is 436 g/mol. The van der Waals surface area contributed by atoms with Gasteiger partial charge < -0.3 is 50.4 Å². The molecular formula is C8H10BaO12. The summed E-state index contributed by atoms with van der Waals surface area (Å²) in [7, 11) is 0. The molecule has 12 nitrogen and oxygen atoms in total. The van der Waals surface area contributed by atoms with Crippen LogP contribution >= 0.6 is 0 Å². The van der Waals surface area contributed by atoms with Gasteiger partial charge >= 0.3 is 60.8 Å². The first-order chi connectivity index (χ1) is 8.93. The molecule has 4 unspecified atom stereocenters. The van der Waals surface area contributed by atoms with Crippen molar-refractivity contribution in [2.24, 2.45) is 0 Å². The molecule has 0 aromatic carbocycles. The van der Waals surface area contributed by atoms with E-state index >= 15 is 0 Å². The quantitative estimate of drug-likeness (QED) is 0.213. The van der Waals surface area contributed by atoms with Gasteiger partial charge in [0.25, 0.3) is 0 Å². The second-order valence-corrected chi connectivity index (χ2v) is 3.09. The Morgan fingerprint density at radius 2 is 0.810 bits per heavy atom. The first-order valence-electron chi connectivity index (χ1n) is 4.53. The van der Waals surface area contributed by atoms with E-state index in [9.17, 15) is 29.4 Å². The fourth-order valence-electron chi connectivity index (χ4n) is 0.528. The Bertz CT molecular complexity index is 309. The van der Waals surface area contributed by atoms with Gasteiger partial charge in [-0.15, -0.1) is 0 Å². The molecule has 0 radical (unpaired) electrons. The second kappa shape index (κ2) is 11.9. The summed E-state index contributed by atoms with van der Waals surface area (Å²) in [6.07, 6.45) is -9.41. The summed E-state index contributed by atoms with van der Waals surface area (Å²) in [5.41, 5.74) is 0. The molecule has 0 bridgehead atoms. The smallest absolute Gasteiger partial charge is 0.547 e. The van der Waals surface area contributed by atoms with E-state index in [1.165, 1.54) is 0 Å². The molecular weight excluding hydrogens is 425 g/mol. The van der Waals surface area contributed by atoms with Crippen molar-refractivity contribution in [3.05, 3.63) is 0 Å². The summed E-state index contributed by atoms with van der Waals surface area (Å²) >= 11 is 0. The van der Waals surface area contributed by atoms with Gasteiger partial charge in [-0.1, -0.05) is 0 Å². The largest absolute Gasteiger partial charge is 2.00 e. The number of carbonyl (C=O) groups excluding carboxylic acids is 2. The van der Waals surface area contributed by atoms with E-state index in [0.717, 1.165) is 0 Å². The second-order valence-electron chi connectivity index (χ2n) is 3.09. The minimum absolute atomic E-state index is 0. The third kappa shape index (κ3) is 10.6. The van der Waals surface area contributed by atoms with Crippen LogP contribution < -0.4 is 10.2 Å². The fourth-order valence-corrected chi connectivity index (χ4v) is 0.528. The Kier molecular flexibility index (Phi) is 14.3. The number of carbonyl (C=O) groups is 4. The summed E-state index contributed by atoms with van der Waals surface area (Å²) in [6, 6.07) is 0. The number of carboxylic acid groups (broad SMARTS) is 4. The van der Waals surface area contributed by atoms with Gasteiger partial charge in [-0.3, -0.25) is 0 Å². The standard InChI is InChI=1S/2C4H6O6.Ba/c2*5-1(3(7)8)2(6)4(9)10;/h2*1-2,5-6H,(H,7,8)(H,9,10);/q;;+2/p-2. The van der Waals surface area contributed by atoms with Crippen molar-refractivity contribution in [3.8, 4) is 0 Å². The van der Waals surface area contributed by atoms with Crippen LogP contribution in [0.2, 0.25) is 0 Å². The Balaban J connectivity index is -0.000000295. The van der Waals surface area contributed by atoms with Gasteiger partial charge in [-0.05, 0) is 0 Å². The molecule has 0 rings (SSSR count). The van der Waals surface area contributed by atoms with Crippen LogP contribution in [0, 0.1) is 0 Å². The first kappa shape index (κ1) is 25.3. The molecule has 4 atom stereocenters. The molecule has 6 N–H and O–H groups in total. The molecule has 0 aliphatic carbocycles. The van der Waals surface area contributed by atoms with Crippen molar-refractivity contribution >= 4 is 72.8 Å². The predicted molar refractivity (Wildman–Crippen MR) is 55.1 cm³/mol. The number of carboxylic acids is 4. The predicted octanol–water partition coefficient (Wildman–Crippen LogP) is -7.30. The van der Waals surface area contributed by atoms with Crippen LogP contribution in [-0.4, -0.2) is 128 Å². The average molecular weight is 435 g/mol. The van der Waals surface area contributed by atoms with Gasteiger partial charge in [-0.25, -0.2) is 9.59 Å². The van der Waals surface area contributed by atoms with E-state index in [2.05, 4.69) is 0 Å². The van der Waals surface area contributed by atoms with Crippen molar-refractivity contribution in [1.82, 2.24) is 0 Å². The van der Waals surface area contributed by atoms with Gasteiger partial charge in [0, 0.05) is 0 Å². The normalized spacial score (nSPS) is 15.0. The molecule has 0 aliphatic rings.